The summed E-state index contributed by atoms with van der Waals surface area (Å²) in [6.45, 7) is 1.82. The standard InChI is InChI=1S/C19H19N7O3S/c27-30(28,14-16-15-4-1-2-5-17(15)29-23-16)25-12-10-24(11-13-25)18-6-7-19(22-21-18)26-9-3-8-20-26/h1-9H,10-14H2. The van der Waals surface area contributed by atoms with Crippen LogP contribution in [0.25, 0.3) is 16.8 Å². The first-order valence-electron chi connectivity index (χ1n) is 9.50. The van der Waals surface area contributed by atoms with E-state index in [2.05, 4.69) is 20.5 Å². The molecule has 1 aliphatic rings. The maximum Gasteiger partial charge on any atom is 0.220 e. The number of anilines is 1. The molecule has 5 rings (SSSR count). The lowest BCUT2D eigenvalue weighted by Gasteiger charge is -2.34. The maximum atomic E-state index is 12.9. The average molecular weight is 425 g/mol. The van der Waals surface area contributed by atoms with Gasteiger partial charge in [-0.2, -0.15) is 9.40 Å². The molecule has 10 nitrogen and oxygen atoms in total. The quantitative estimate of drug-likeness (QED) is 0.473. The molecule has 1 fully saturated rings. The monoisotopic (exact) mass is 425 g/mol. The molecule has 0 amide bonds. The highest BCUT2D eigenvalue weighted by Crippen LogP contribution is 2.22. The number of rotatable bonds is 5. The fraction of sp³-hybridized carbons (Fsp3) is 0.263. The highest BCUT2D eigenvalue weighted by Gasteiger charge is 2.29. The zero-order chi connectivity index (χ0) is 20.6. The van der Waals surface area contributed by atoms with Gasteiger partial charge < -0.3 is 9.42 Å². The topological polar surface area (TPSA) is 110 Å². The fourth-order valence-corrected chi connectivity index (χ4v) is 4.97. The van der Waals surface area contributed by atoms with Gasteiger partial charge in [-0.15, -0.1) is 10.2 Å². The van der Waals surface area contributed by atoms with Crippen LogP contribution in [0.5, 0.6) is 0 Å². The molecule has 3 aromatic heterocycles. The molecule has 0 radical (unpaired) electrons. The van der Waals surface area contributed by atoms with E-state index < -0.39 is 10.0 Å². The van der Waals surface area contributed by atoms with Crippen LogP contribution in [0, 0.1) is 0 Å². The van der Waals surface area contributed by atoms with E-state index in [1.165, 1.54) is 4.31 Å². The second-order valence-electron chi connectivity index (χ2n) is 6.97. The van der Waals surface area contributed by atoms with Gasteiger partial charge in [-0.1, -0.05) is 17.3 Å². The molecular formula is C19H19N7O3S. The predicted octanol–water partition coefficient (Wildman–Crippen LogP) is 1.46. The van der Waals surface area contributed by atoms with E-state index in [9.17, 15) is 8.42 Å². The van der Waals surface area contributed by atoms with Gasteiger partial charge in [-0.3, -0.25) is 0 Å². The lowest BCUT2D eigenvalue weighted by Crippen LogP contribution is -2.49. The Bertz CT molecular complexity index is 1250. The molecule has 4 heterocycles. The zero-order valence-corrected chi connectivity index (χ0v) is 16.8. The van der Waals surface area contributed by atoms with Crippen LogP contribution in [-0.4, -0.2) is 64.0 Å². The van der Waals surface area contributed by atoms with E-state index in [-0.39, 0.29) is 5.75 Å². The van der Waals surface area contributed by atoms with Crippen LogP contribution in [0.4, 0.5) is 5.82 Å². The van der Waals surface area contributed by atoms with Crippen LogP contribution in [0.2, 0.25) is 0 Å². The third-order valence-corrected chi connectivity index (χ3v) is 6.89. The Morgan fingerprint density at radius 3 is 2.43 bits per heavy atom. The van der Waals surface area contributed by atoms with Gasteiger partial charge in [0.2, 0.25) is 10.0 Å². The van der Waals surface area contributed by atoms with E-state index in [1.54, 1.807) is 23.1 Å². The summed E-state index contributed by atoms with van der Waals surface area (Å²) in [5, 5.41) is 17.3. The third-order valence-electron chi connectivity index (χ3n) is 5.10. The predicted molar refractivity (Wildman–Crippen MR) is 110 cm³/mol. The van der Waals surface area contributed by atoms with Gasteiger partial charge in [0.05, 0.1) is 0 Å². The molecule has 1 aliphatic heterocycles. The number of fused-ring (bicyclic) bond motifs is 1. The van der Waals surface area contributed by atoms with Gasteiger partial charge >= 0.3 is 0 Å². The number of hydrogen-bond acceptors (Lipinski definition) is 8. The van der Waals surface area contributed by atoms with Crippen molar-refractivity contribution in [3.63, 3.8) is 0 Å². The van der Waals surface area contributed by atoms with Crippen LogP contribution in [0.3, 0.4) is 0 Å². The van der Waals surface area contributed by atoms with Crippen molar-refractivity contribution in [2.24, 2.45) is 0 Å². The molecule has 0 bridgehead atoms. The molecule has 0 unspecified atom stereocenters. The summed E-state index contributed by atoms with van der Waals surface area (Å²) < 4.78 is 34.2. The van der Waals surface area contributed by atoms with Crippen molar-refractivity contribution in [3.8, 4) is 5.82 Å². The van der Waals surface area contributed by atoms with Crippen LogP contribution < -0.4 is 4.90 Å². The minimum Gasteiger partial charge on any atom is -0.356 e. The first-order valence-corrected chi connectivity index (χ1v) is 11.1. The highest BCUT2D eigenvalue weighted by molar-refractivity contribution is 7.88. The van der Waals surface area contributed by atoms with Crippen LogP contribution in [0.15, 0.2) is 59.4 Å². The SMILES string of the molecule is O=S(=O)(Cc1noc2ccccc12)N1CCN(c2ccc(-n3cccn3)nn2)CC1. The van der Waals surface area contributed by atoms with Crippen LogP contribution in [0.1, 0.15) is 5.69 Å². The average Bonchev–Trinajstić information content (AvgIpc) is 3.45. The summed E-state index contributed by atoms with van der Waals surface area (Å²) in [6.07, 6.45) is 3.47. The molecule has 0 atom stereocenters. The Balaban J connectivity index is 1.25. The first-order chi connectivity index (χ1) is 14.6. The number of sulfonamides is 1. The smallest absolute Gasteiger partial charge is 0.220 e. The second kappa shape index (κ2) is 7.50. The van der Waals surface area contributed by atoms with E-state index in [0.717, 1.165) is 5.39 Å². The minimum absolute atomic E-state index is 0.178. The lowest BCUT2D eigenvalue weighted by molar-refractivity contribution is 0.381. The van der Waals surface area contributed by atoms with E-state index in [4.69, 9.17) is 4.52 Å². The number of para-hydroxylation sites is 1. The van der Waals surface area contributed by atoms with E-state index in [1.807, 2.05) is 41.3 Å². The summed E-state index contributed by atoms with van der Waals surface area (Å²) in [5.41, 5.74) is 1.03. The largest absolute Gasteiger partial charge is 0.356 e. The van der Waals surface area contributed by atoms with Crippen molar-refractivity contribution in [1.29, 1.82) is 0 Å². The summed E-state index contributed by atoms with van der Waals surface area (Å²) in [7, 11) is -3.50. The minimum atomic E-state index is -3.50. The molecule has 30 heavy (non-hydrogen) atoms. The van der Waals surface area contributed by atoms with Crippen molar-refractivity contribution in [2.75, 3.05) is 31.1 Å². The van der Waals surface area contributed by atoms with Crippen molar-refractivity contribution in [1.82, 2.24) is 29.4 Å². The Morgan fingerprint density at radius 1 is 0.933 bits per heavy atom. The van der Waals surface area contributed by atoms with Gasteiger partial charge in [0.15, 0.2) is 17.2 Å². The maximum absolute atomic E-state index is 12.9. The Kier molecular flexibility index (Phi) is 4.68. The molecule has 0 spiro atoms. The first kappa shape index (κ1) is 18.7. The molecule has 0 saturated carbocycles. The van der Waals surface area contributed by atoms with Gasteiger partial charge in [0.1, 0.15) is 11.4 Å². The summed E-state index contributed by atoms with van der Waals surface area (Å²) >= 11 is 0. The number of piperazine rings is 1. The molecule has 11 heteroatoms. The summed E-state index contributed by atoms with van der Waals surface area (Å²) in [6, 6.07) is 12.8. The lowest BCUT2D eigenvalue weighted by atomic mass is 10.2. The zero-order valence-electron chi connectivity index (χ0n) is 16.0. The number of aromatic nitrogens is 5. The molecule has 0 N–H and O–H groups in total. The normalized spacial score (nSPS) is 15.7. The van der Waals surface area contributed by atoms with Gasteiger partial charge in [-0.05, 0) is 30.3 Å². The molecule has 1 saturated heterocycles. The number of hydrogen-bond donors (Lipinski definition) is 0. The van der Waals surface area contributed by atoms with Crippen LogP contribution >= 0.6 is 0 Å². The Labute approximate surface area is 172 Å². The van der Waals surface area contributed by atoms with Crippen molar-refractivity contribution >= 4 is 26.8 Å². The summed E-state index contributed by atoms with van der Waals surface area (Å²) in [5.74, 6) is 1.16. The van der Waals surface area contributed by atoms with Gasteiger partial charge in [0, 0.05) is 44.0 Å². The molecule has 4 aromatic rings. The molecule has 1 aromatic carbocycles. The number of nitrogens with zero attached hydrogens (tertiary/aromatic N) is 7. The second-order valence-corrected chi connectivity index (χ2v) is 8.94. The Morgan fingerprint density at radius 2 is 1.70 bits per heavy atom. The van der Waals surface area contributed by atoms with E-state index >= 15 is 0 Å². The van der Waals surface area contributed by atoms with Gasteiger partial charge in [-0.25, -0.2) is 13.1 Å². The van der Waals surface area contributed by atoms with Crippen molar-refractivity contribution in [3.05, 3.63) is 60.6 Å². The molecule has 0 aliphatic carbocycles. The van der Waals surface area contributed by atoms with Gasteiger partial charge in [0.25, 0.3) is 0 Å². The molecule has 154 valence electrons. The highest BCUT2D eigenvalue weighted by atomic mass is 32.2. The third kappa shape index (κ3) is 3.53. The fourth-order valence-electron chi connectivity index (χ4n) is 3.52. The summed E-state index contributed by atoms with van der Waals surface area (Å²) in [4.78, 5) is 2.03. The van der Waals surface area contributed by atoms with Crippen molar-refractivity contribution < 1.29 is 12.9 Å². The van der Waals surface area contributed by atoms with E-state index in [0.29, 0.717) is 49.1 Å². The van der Waals surface area contributed by atoms with Crippen LogP contribution in [-0.2, 0) is 15.8 Å². The Hall–Kier alpha value is -3.31. The van der Waals surface area contributed by atoms with Crippen molar-refractivity contribution in [2.45, 2.75) is 5.75 Å². The molecular weight excluding hydrogens is 406 g/mol. The number of benzene rings is 1.